The van der Waals surface area contributed by atoms with Gasteiger partial charge in [-0.05, 0) is 24.6 Å². The number of halogens is 2. The first-order chi connectivity index (χ1) is 9.76. The van der Waals surface area contributed by atoms with Gasteiger partial charge in [-0.3, -0.25) is 0 Å². The maximum Gasteiger partial charge on any atom is 0.159 e. The van der Waals surface area contributed by atoms with E-state index in [1.807, 2.05) is 0 Å². The van der Waals surface area contributed by atoms with Gasteiger partial charge in [-0.1, -0.05) is 0 Å². The number of sulfone groups is 1. The molecule has 0 bridgehead atoms. The van der Waals surface area contributed by atoms with Crippen LogP contribution in [0.1, 0.15) is 18.3 Å². The highest BCUT2D eigenvalue weighted by atomic mass is 32.2. The molecule has 0 aliphatic rings. The van der Waals surface area contributed by atoms with Crippen molar-refractivity contribution in [1.29, 1.82) is 0 Å². The number of imidazole rings is 1. The molecule has 0 aliphatic heterocycles. The summed E-state index contributed by atoms with van der Waals surface area (Å²) >= 11 is 0. The number of nitrogens with one attached hydrogen (secondary N) is 1. The first-order valence-corrected chi connectivity index (χ1v) is 8.26. The lowest BCUT2D eigenvalue weighted by atomic mass is 10.1. The fourth-order valence-corrected chi connectivity index (χ4v) is 2.50. The molecule has 1 atom stereocenters. The van der Waals surface area contributed by atoms with Gasteiger partial charge in [0.15, 0.2) is 11.6 Å². The topological polar surface area (TPSA) is 88.8 Å². The Morgan fingerprint density at radius 2 is 2.05 bits per heavy atom. The maximum atomic E-state index is 13.2. The monoisotopic (exact) mass is 315 g/mol. The van der Waals surface area contributed by atoms with Crippen molar-refractivity contribution >= 4 is 9.84 Å². The second-order valence-electron chi connectivity index (χ2n) is 4.84. The molecular weight excluding hydrogens is 300 g/mol. The zero-order valence-corrected chi connectivity index (χ0v) is 12.1. The summed E-state index contributed by atoms with van der Waals surface area (Å²) in [5.41, 5.74) is 6.77. The molecule has 1 aromatic heterocycles. The van der Waals surface area contributed by atoms with E-state index >= 15 is 0 Å². The number of nitrogens with two attached hydrogens (primary N) is 1. The Morgan fingerprint density at radius 1 is 1.33 bits per heavy atom. The van der Waals surface area contributed by atoms with Gasteiger partial charge in [0.05, 0.1) is 23.7 Å². The summed E-state index contributed by atoms with van der Waals surface area (Å²) in [7, 11) is -3.10. The van der Waals surface area contributed by atoms with Crippen LogP contribution in [-0.4, -0.2) is 30.4 Å². The molecular formula is C13H15F2N3O2S. The number of aromatic nitrogens is 2. The molecule has 0 radical (unpaired) electrons. The van der Waals surface area contributed by atoms with E-state index in [2.05, 4.69) is 9.97 Å². The minimum absolute atomic E-state index is 0.0463. The minimum atomic E-state index is -3.10. The number of nitrogens with zero attached hydrogens (tertiary/aromatic N) is 1. The summed E-state index contributed by atoms with van der Waals surface area (Å²) in [5, 5.41) is 0. The summed E-state index contributed by atoms with van der Waals surface area (Å²) in [6.45, 7) is 0. The first kappa shape index (κ1) is 15.6. The predicted octanol–water partition coefficient (Wildman–Crippen LogP) is 1.79. The smallest absolute Gasteiger partial charge is 0.159 e. The number of rotatable bonds is 5. The van der Waals surface area contributed by atoms with Crippen LogP contribution in [0.4, 0.5) is 8.78 Å². The van der Waals surface area contributed by atoms with Crippen molar-refractivity contribution in [3.05, 3.63) is 41.9 Å². The quantitative estimate of drug-likeness (QED) is 0.880. The van der Waals surface area contributed by atoms with Gasteiger partial charge in [0.25, 0.3) is 0 Å². The molecule has 21 heavy (non-hydrogen) atoms. The van der Waals surface area contributed by atoms with E-state index in [4.69, 9.17) is 5.73 Å². The summed E-state index contributed by atoms with van der Waals surface area (Å²) in [5.74, 6) is -1.53. The Labute approximate surface area is 121 Å². The molecule has 3 N–H and O–H groups in total. The summed E-state index contributed by atoms with van der Waals surface area (Å²) in [6.07, 6.45) is 2.81. The maximum absolute atomic E-state index is 13.2. The van der Waals surface area contributed by atoms with Crippen LogP contribution in [0, 0.1) is 11.6 Å². The molecule has 0 fully saturated rings. The molecule has 0 saturated heterocycles. The van der Waals surface area contributed by atoms with Crippen LogP contribution in [0.5, 0.6) is 0 Å². The van der Waals surface area contributed by atoms with E-state index < -0.39 is 27.5 Å². The predicted molar refractivity (Wildman–Crippen MR) is 75.2 cm³/mol. The summed E-state index contributed by atoms with van der Waals surface area (Å²) in [4.78, 5) is 6.95. The molecule has 0 saturated carbocycles. The molecule has 0 aliphatic carbocycles. The lowest BCUT2D eigenvalue weighted by Crippen LogP contribution is -2.16. The van der Waals surface area contributed by atoms with E-state index in [0.29, 0.717) is 17.1 Å². The first-order valence-electron chi connectivity index (χ1n) is 6.20. The third-order valence-electron chi connectivity index (χ3n) is 2.98. The molecule has 1 heterocycles. The Bertz CT molecular complexity index is 744. The fraction of sp³-hybridized carbons (Fsp3) is 0.308. The molecule has 2 rings (SSSR count). The van der Waals surface area contributed by atoms with Crippen LogP contribution < -0.4 is 5.73 Å². The van der Waals surface area contributed by atoms with Crippen molar-refractivity contribution in [2.45, 2.75) is 12.5 Å². The van der Waals surface area contributed by atoms with Crippen LogP contribution in [0.15, 0.2) is 24.4 Å². The van der Waals surface area contributed by atoms with Gasteiger partial charge in [-0.2, -0.15) is 0 Å². The molecule has 0 amide bonds. The van der Waals surface area contributed by atoms with Gasteiger partial charge < -0.3 is 10.7 Å². The van der Waals surface area contributed by atoms with Crippen LogP contribution in [0.25, 0.3) is 11.3 Å². The Morgan fingerprint density at radius 3 is 2.67 bits per heavy atom. The molecule has 8 heteroatoms. The molecule has 5 nitrogen and oxygen atoms in total. The zero-order valence-electron chi connectivity index (χ0n) is 11.3. The van der Waals surface area contributed by atoms with Gasteiger partial charge in [-0.25, -0.2) is 22.2 Å². The van der Waals surface area contributed by atoms with E-state index in [-0.39, 0.29) is 12.2 Å². The lowest BCUT2D eigenvalue weighted by molar-refractivity contribution is 0.509. The largest absolute Gasteiger partial charge is 0.341 e. The Balaban J connectivity index is 2.15. The standard InChI is InChI=1S/C13H15F2N3O2S/c1-21(19,20)5-4-11(16)13-17-7-12(18-13)8-2-3-9(14)10(15)6-8/h2-3,6-7,11H,4-5,16H2,1H3,(H,17,18). The van der Waals surface area contributed by atoms with Crippen molar-refractivity contribution in [3.8, 4) is 11.3 Å². The number of benzene rings is 1. The van der Waals surface area contributed by atoms with Gasteiger partial charge >= 0.3 is 0 Å². The third kappa shape index (κ3) is 4.08. The molecule has 1 aromatic carbocycles. The highest BCUT2D eigenvalue weighted by Gasteiger charge is 2.14. The van der Waals surface area contributed by atoms with Crippen LogP contribution in [0.3, 0.4) is 0 Å². The van der Waals surface area contributed by atoms with Crippen molar-refractivity contribution in [1.82, 2.24) is 9.97 Å². The van der Waals surface area contributed by atoms with E-state index in [1.165, 1.54) is 12.3 Å². The number of H-pyrrole nitrogens is 1. The van der Waals surface area contributed by atoms with Crippen LogP contribution in [0.2, 0.25) is 0 Å². The van der Waals surface area contributed by atoms with Gasteiger partial charge in [0.1, 0.15) is 15.7 Å². The highest BCUT2D eigenvalue weighted by molar-refractivity contribution is 7.90. The van der Waals surface area contributed by atoms with Gasteiger partial charge in [0, 0.05) is 11.8 Å². The second kappa shape index (κ2) is 5.90. The van der Waals surface area contributed by atoms with E-state index in [0.717, 1.165) is 18.4 Å². The van der Waals surface area contributed by atoms with Gasteiger partial charge in [-0.15, -0.1) is 0 Å². The molecule has 0 spiro atoms. The van der Waals surface area contributed by atoms with Crippen molar-refractivity contribution in [2.24, 2.45) is 5.73 Å². The minimum Gasteiger partial charge on any atom is -0.341 e. The average molecular weight is 315 g/mol. The van der Waals surface area contributed by atoms with Crippen molar-refractivity contribution in [2.75, 3.05) is 12.0 Å². The van der Waals surface area contributed by atoms with Crippen molar-refractivity contribution in [3.63, 3.8) is 0 Å². The van der Waals surface area contributed by atoms with Gasteiger partial charge in [0.2, 0.25) is 0 Å². The average Bonchev–Trinajstić information content (AvgIpc) is 2.88. The Hall–Kier alpha value is -1.80. The third-order valence-corrected chi connectivity index (χ3v) is 3.95. The highest BCUT2D eigenvalue weighted by Crippen LogP contribution is 2.21. The second-order valence-corrected chi connectivity index (χ2v) is 7.10. The summed E-state index contributed by atoms with van der Waals surface area (Å²) < 4.78 is 48.3. The Kier molecular flexibility index (Phi) is 4.38. The molecule has 1 unspecified atom stereocenters. The molecule has 114 valence electrons. The van der Waals surface area contributed by atoms with Crippen LogP contribution in [-0.2, 0) is 9.84 Å². The normalized spacial score (nSPS) is 13.3. The lowest BCUT2D eigenvalue weighted by Gasteiger charge is -2.07. The number of hydrogen-bond donors (Lipinski definition) is 2. The SMILES string of the molecule is CS(=O)(=O)CCC(N)c1ncc(-c2ccc(F)c(F)c2)[nH]1. The zero-order chi connectivity index (χ0) is 15.6. The van der Waals surface area contributed by atoms with Crippen molar-refractivity contribution < 1.29 is 17.2 Å². The van der Waals surface area contributed by atoms with E-state index in [9.17, 15) is 17.2 Å². The number of aromatic amines is 1. The number of hydrogen-bond acceptors (Lipinski definition) is 4. The molecule has 2 aromatic rings. The van der Waals surface area contributed by atoms with E-state index in [1.54, 1.807) is 0 Å². The summed E-state index contributed by atoms with van der Waals surface area (Å²) in [6, 6.07) is 2.92. The fourth-order valence-electron chi connectivity index (χ4n) is 1.81. The van der Waals surface area contributed by atoms with Crippen LogP contribution >= 0.6 is 0 Å².